The molecule has 196 valence electrons. The highest BCUT2D eigenvalue weighted by molar-refractivity contribution is 5.94. The third-order valence-electron chi connectivity index (χ3n) is 5.86. The number of halogens is 3. The molecule has 4 aromatic rings. The number of benzene rings is 3. The first-order valence-electron chi connectivity index (χ1n) is 12.1. The second-order valence-corrected chi connectivity index (χ2v) is 9.11. The number of aromatic nitrogens is 2. The van der Waals surface area contributed by atoms with Crippen LogP contribution in [-0.4, -0.2) is 32.8 Å². The number of nitrogens with zero attached hydrogens (tertiary/aromatic N) is 3. The lowest BCUT2D eigenvalue weighted by Crippen LogP contribution is -2.40. The largest absolute Gasteiger partial charge is 0.416 e. The number of carbonyl (C=O) groups is 2. The maximum Gasteiger partial charge on any atom is 0.416 e. The summed E-state index contributed by atoms with van der Waals surface area (Å²) in [5.41, 5.74) is 1.79. The van der Waals surface area contributed by atoms with E-state index in [-0.39, 0.29) is 30.9 Å². The van der Waals surface area contributed by atoms with Crippen LogP contribution in [0.3, 0.4) is 0 Å². The second-order valence-electron chi connectivity index (χ2n) is 9.11. The number of rotatable bonds is 8. The minimum Gasteiger partial charge on any atom is -0.329 e. The van der Waals surface area contributed by atoms with E-state index in [4.69, 9.17) is 0 Å². The summed E-state index contributed by atoms with van der Waals surface area (Å²) in [6, 6.07) is 23.1. The van der Waals surface area contributed by atoms with Crippen LogP contribution in [0, 0.1) is 5.92 Å². The molecule has 3 aromatic carbocycles. The van der Waals surface area contributed by atoms with Gasteiger partial charge in [-0.2, -0.15) is 13.2 Å². The van der Waals surface area contributed by atoms with Gasteiger partial charge in [0.15, 0.2) is 0 Å². The van der Waals surface area contributed by atoms with Crippen molar-refractivity contribution >= 4 is 17.8 Å². The molecule has 1 heterocycles. The maximum absolute atomic E-state index is 13.1. The van der Waals surface area contributed by atoms with Crippen LogP contribution in [0.4, 0.5) is 19.1 Å². The van der Waals surface area contributed by atoms with Crippen molar-refractivity contribution in [3.63, 3.8) is 0 Å². The van der Waals surface area contributed by atoms with E-state index in [0.717, 1.165) is 23.3 Å². The Balaban J connectivity index is 1.63. The number of hydrogen-bond donors (Lipinski definition) is 1. The van der Waals surface area contributed by atoms with Crippen molar-refractivity contribution in [2.45, 2.75) is 26.6 Å². The molecule has 0 saturated carbocycles. The lowest BCUT2D eigenvalue weighted by atomic mass is 10.1. The minimum absolute atomic E-state index is 0.130. The number of amides is 2. The quantitative estimate of drug-likeness (QED) is 0.302. The van der Waals surface area contributed by atoms with Crippen LogP contribution in [-0.2, 0) is 22.3 Å². The number of imidazole rings is 1. The Morgan fingerprint density at radius 1 is 0.921 bits per heavy atom. The summed E-state index contributed by atoms with van der Waals surface area (Å²) in [5.74, 6) is -0.844. The van der Waals surface area contributed by atoms with Gasteiger partial charge in [-0.05, 0) is 29.8 Å². The molecule has 6 nitrogen and oxygen atoms in total. The summed E-state index contributed by atoms with van der Waals surface area (Å²) in [6.45, 7) is 3.57. The van der Waals surface area contributed by atoms with E-state index >= 15 is 0 Å². The van der Waals surface area contributed by atoms with E-state index < -0.39 is 17.6 Å². The van der Waals surface area contributed by atoms with E-state index in [1.54, 1.807) is 20.0 Å². The van der Waals surface area contributed by atoms with Crippen molar-refractivity contribution in [1.29, 1.82) is 0 Å². The van der Waals surface area contributed by atoms with Crippen LogP contribution in [0.15, 0.2) is 91.1 Å². The van der Waals surface area contributed by atoms with Crippen LogP contribution in [0.2, 0.25) is 0 Å². The monoisotopic (exact) mass is 520 g/mol. The molecule has 0 atom stereocenters. The van der Waals surface area contributed by atoms with Crippen molar-refractivity contribution in [2.24, 2.45) is 5.92 Å². The van der Waals surface area contributed by atoms with Crippen molar-refractivity contribution < 1.29 is 22.8 Å². The Kier molecular flexibility index (Phi) is 7.95. The van der Waals surface area contributed by atoms with E-state index in [2.05, 4.69) is 10.3 Å². The van der Waals surface area contributed by atoms with Gasteiger partial charge in [0.1, 0.15) is 6.54 Å². The van der Waals surface area contributed by atoms with Crippen molar-refractivity contribution in [2.75, 3.05) is 11.9 Å². The van der Waals surface area contributed by atoms with Crippen molar-refractivity contribution in [1.82, 2.24) is 14.5 Å². The number of hydrogen-bond acceptors (Lipinski definition) is 3. The SMILES string of the molecule is CC(C)C(=O)N(CC(=O)Nc1nc(-c2ccccc2)cn1-c1ccc(C(F)(F)F)cc1)Cc1ccccc1. The molecule has 1 N–H and O–H groups in total. The van der Waals surface area contributed by atoms with Gasteiger partial charge >= 0.3 is 6.18 Å². The van der Waals surface area contributed by atoms with E-state index in [1.165, 1.54) is 21.6 Å². The first-order chi connectivity index (χ1) is 18.1. The third kappa shape index (κ3) is 6.47. The fourth-order valence-electron chi connectivity index (χ4n) is 3.94. The molecule has 1 aromatic heterocycles. The molecule has 0 spiro atoms. The summed E-state index contributed by atoms with van der Waals surface area (Å²) in [5, 5.41) is 2.75. The molecule has 0 aliphatic heterocycles. The standard InChI is InChI=1S/C29H27F3N4O2/c1-20(2)27(38)35(17-21-9-5-3-6-10-21)19-26(37)34-28-33-25(22-11-7-4-8-12-22)18-36(28)24-15-13-23(14-16-24)29(30,31)32/h3-16,18,20H,17,19H2,1-2H3,(H,33,34,37). The topological polar surface area (TPSA) is 67.2 Å². The predicted molar refractivity (Wildman–Crippen MR) is 139 cm³/mol. The maximum atomic E-state index is 13.1. The normalized spacial score (nSPS) is 11.4. The Bertz CT molecular complexity index is 1380. The molecule has 0 radical (unpaired) electrons. The summed E-state index contributed by atoms with van der Waals surface area (Å²) < 4.78 is 40.8. The van der Waals surface area contributed by atoms with Gasteiger partial charge in [-0.25, -0.2) is 4.98 Å². The van der Waals surface area contributed by atoms with Crippen LogP contribution in [0.1, 0.15) is 25.0 Å². The average Bonchev–Trinajstić information content (AvgIpc) is 3.32. The van der Waals surface area contributed by atoms with Gasteiger partial charge in [-0.3, -0.25) is 19.5 Å². The fourth-order valence-corrected chi connectivity index (χ4v) is 3.94. The van der Waals surface area contributed by atoms with E-state index in [0.29, 0.717) is 11.4 Å². The molecular formula is C29H27F3N4O2. The van der Waals surface area contributed by atoms with Gasteiger partial charge in [0, 0.05) is 29.9 Å². The minimum atomic E-state index is -4.47. The highest BCUT2D eigenvalue weighted by Crippen LogP contribution is 2.31. The molecule has 4 rings (SSSR count). The van der Waals surface area contributed by atoms with Crippen LogP contribution < -0.4 is 5.32 Å². The summed E-state index contributed by atoms with van der Waals surface area (Å²) in [4.78, 5) is 32.0. The Labute approximate surface area is 218 Å². The Morgan fingerprint density at radius 2 is 1.53 bits per heavy atom. The van der Waals surface area contributed by atoms with E-state index in [9.17, 15) is 22.8 Å². The first kappa shape index (κ1) is 26.7. The van der Waals surface area contributed by atoms with Crippen molar-refractivity contribution in [3.8, 4) is 16.9 Å². The molecule has 0 fully saturated rings. The first-order valence-corrected chi connectivity index (χ1v) is 12.1. The zero-order valence-electron chi connectivity index (χ0n) is 20.9. The summed E-state index contributed by atoms with van der Waals surface area (Å²) in [6.07, 6.45) is -2.82. The van der Waals surface area contributed by atoms with Crippen molar-refractivity contribution in [3.05, 3.63) is 102 Å². The third-order valence-corrected chi connectivity index (χ3v) is 5.86. The van der Waals surface area contributed by atoms with Gasteiger partial charge in [-0.15, -0.1) is 0 Å². The molecule has 9 heteroatoms. The molecule has 38 heavy (non-hydrogen) atoms. The van der Waals surface area contributed by atoms with Gasteiger partial charge in [-0.1, -0.05) is 74.5 Å². The van der Waals surface area contributed by atoms with Gasteiger partial charge in [0.05, 0.1) is 11.3 Å². The Hall–Kier alpha value is -4.40. The lowest BCUT2D eigenvalue weighted by molar-refractivity contribution is -0.138. The molecule has 0 saturated heterocycles. The number of nitrogens with one attached hydrogen (secondary N) is 1. The number of anilines is 1. The molecular weight excluding hydrogens is 493 g/mol. The summed E-state index contributed by atoms with van der Waals surface area (Å²) in [7, 11) is 0. The smallest absolute Gasteiger partial charge is 0.329 e. The number of alkyl halides is 3. The molecule has 0 bridgehead atoms. The van der Waals surface area contributed by atoms with Crippen LogP contribution in [0.25, 0.3) is 16.9 Å². The highest BCUT2D eigenvalue weighted by atomic mass is 19.4. The zero-order chi connectivity index (χ0) is 27.3. The predicted octanol–water partition coefficient (Wildman–Crippen LogP) is 6.18. The number of carbonyl (C=O) groups excluding carboxylic acids is 2. The van der Waals surface area contributed by atoms with Gasteiger partial charge in [0.25, 0.3) is 0 Å². The average molecular weight is 521 g/mol. The Morgan fingerprint density at radius 3 is 2.11 bits per heavy atom. The van der Waals surface area contributed by atoms with Gasteiger partial charge < -0.3 is 4.90 Å². The molecule has 0 aliphatic rings. The molecule has 0 aliphatic carbocycles. The molecule has 2 amide bonds. The highest BCUT2D eigenvalue weighted by Gasteiger charge is 2.30. The van der Waals surface area contributed by atoms with Crippen LogP contribution in [0.5, 0.6) is 0 Å². The fraction of sp³-hybridized carbons (Fsp3) is 0.207. The summed E-state index contributed by atoms with van der Waals surface area (Å²) >= 11 is 0. The van der Waals surface area contributed by atoms with Crippen LogP contribution >= 0.6 is 0 Å². The zero-order valence-corrected chi connectivity index (χ0v) is 20.9. The van der Waals surface area contributed by atoms with Gasteiger partial charge in [0.2, 0.25) is 17.8 Å². The molecule has 0 unspecified atom stereocenters. The van der Waals surface area contributed by atoms with E-state index in [1.807, 2.05) is 60.7 Å². The second kappa shape index (κ2) is 11.3. The lowest BCUT2D eigenvalue weighted by Gasteiger charge is -2.24.